The van der Waals surface area contributed by atoms with Crippen molar-refractivity contribution < 1.29 is 4.74 Å². The molecule has 1 heterocycles. The van der Waals surface area contributed by atoms with E-state index in [0.29, 0.717) is 9.79 Å². The lowest BCUT2D eigenvalue weighted by Crippen LogP contribution is -2.05. The summed E-state index contributed by atoms with van der Waals surface area (Å²) in [7, 11) is 0. The molecule has 0 aliphatic rings. The molecule has 3 aromatic rings. The van der Waals surface area contributed by atoms with E-state index in [1.165, 1.54) is 0 Å². The Morgan fingerprint density at radius 3 is 2.52 bits per heavy atom. The fraction of sp³-hybridized carbons (Fsp3) is 0.188. The van der Waals surface area contributed by atoms with Crippen LogP contribution in [0.2, 0.25) is 5.02 Å². The molecule has 0 amide bonds. The number of imidazole rings is 1. The Balaban J connectivity index is 2.08. The van der Waals surface area contributed by atoms with Crippen molar-refractivity contribution >= 4 is 34.9 Å². The number of halogens is 1. The third-order valence-electron chi connectivity index (χ3n) is 3.11. The Labute approximate surface area is 133 Å². The van der Waals surface area contributed by atoms with Crippen molar-refractivity contribution in [1.82, 2.24) is 9.55 Å². The van der Waals surface area contributed by atoms with E-state index in [-0.39, 0.29) is 6.10 Å². The average molecular weight is 319 g/mol. The molecule has 0 saturated carbocycles. The number of nitrogens with one attached hydrogen (secondary N) is 1. The van der Waals surface area contributed by atoms with Gasteiger partial charge in [0.05, 0.1) is 17.1 Å². The first-order valence-corrected chi connectivity index (χ1v) is 7.50. The molecule has 5 heteroatoms. The van der Waals surface area contributed by atoms with Gasteiger partial charge in [-0.1, -0.05) is 11.6 Å². The lowest BCUT2D eigenvalue weighted by molar-refractivity contribution is 0.242. The largest absolute Gasteiger partial charge is 0.491 e. The third-order valence-corrected chi connectivity index (χ3v) is 3.63. The highest BCUT2D eigenvalue weighted by molar-refractivity contribution is 7.71. The van der Waals surface area contributed by atoms with Crippen molar-refractivity contribution in [3.05, 3.63) is 52.3 Å². The zero-order valence-electron chi connectivity index (χ0n) is 11.8. The number of ether oxygens (including phenoxy) is 1. The summed E-state index contributed by atoms with van der Waals surface area (Å²) in [5.74, 6) is 0.850. The number of H-pyrrole nitrogens is 1. The summed E-state index contributed by atoms with van der Waals surface area (Å²) >= 11 is 11.4. The van der Waals surface area contributed by atoms with E-state index in [4.69, 9.17) is 28.6 Å². The van der Waals surface area contributed by atoms with Crippen molar-refractivity contribution in [2.75, 3.05) is 0 Å². The standard InChI is InChI=1S/C16H15ClN2OS/c1-10(2)20-13-6-4-12(5-7-13)19-15-8-3-11(17)9-14(15)18-16(19)21/h3-10H,1-2H3,(H,18,21). The molecule has 0 saturated heterocycles. The van der Waals surface area contributed by atoms with Gasteiger partial charge in [0.15, 0.2) is 4.77 Å². The van der Waals surface area contributed by atoms with Gasteiger partial charge in [0.2, 0.25) is 0 Å². The van der Waals surface area contributed by atoms with Crippen LogP contribution in [0.25, 0.3) is 16.7 Å². The number of hydrogen-bond acceptors (Lipinski definition) is 2. The van der Waals surface area contributed by atoms with E-state index in [0.717, 1.165) is 22.5 Å². The van der Waals surface area contributed by atoms with Crippen LogP contribution in [-0.2, 0) is 0 Å². The maximum atomic E-state index is 6.02. The van der Waals surface area contributed by atoms with Crippen LogP contribution in [-0.4, -0.2) is 15.7 Å². The van der Waals surface area contributed by atoms with Gasteiger partial charge in [0, 0.05) is 10.7 Å². The van der Waals surface area contributed by atoms with Gasteiger partial charge in [-0.25, -0.2) is 0 Å². The lowest BCUT2D eigenvalue weighted by atomic mass is 10.2. The van der Waals surface area contributed by atoms with Crippen molar-refractivity contribution in [1.29, 1.82) is 0 Å². The first kappa shape index (κ1) is 14.2. The predicted octanol–water partition coefficient (Wildman–Crippen LogP) is 5.13. The maximum absolute atomic E-state index is 6.02. The Kier molecular flexibility index (Phi) is 3.74. The average Bonchev–Trinajstić information content (AvgIpc) is 2.74. The number of benzene rings is 2. The second kappa shape index (κ2) is 5.54. The molecular weight excluding hydrogens is 304 g/mol. The lowest BCUT2D eigenvalue weighted by Gasteiger charge is -2.10. The number of fused-ring (bicyclic) bond motifs is 1. The number of hydrogen-bond donors (Lipinski definition) is 1. The van der Waals surface area contributed by atoms with Crippen molar-refractivity contribution in [3.63, 3.8) is 0 Å². The van der Waals surface area contributed by atoms with Gasteiger partial charge in [-0.3, -0.25) is 4.57 Å². The third kappa shape index (κ3) is 2.82. The fourth-order valence-electron chi connectivity index (χ4n) is 2.29. The Bertz CT molecular complexity index is 834. The van der Waals surface area contributed by atoms with Crippen molar-refractivity contribution in [2.45, 2.75) is 20.0 Å². The highest BCUT2D eigenvalue weighted by Crippen LogP contribution is 2.24. The van der Waals surface area contributed by atoms with Crippen LogP contribution in [0.1, 0.15) is 13.8 Å². The van der Waals surface area contributed by atoms with E-state index in [9.17, 15) is 0 Å². The second-order valence-corrected chi connectivity index (χ2v) is 5.91. The van der Waals surface area contributed by atoms with Gasteiger partial charge >= 0.3 is 0 Å². The number of nitrogens with zero attached hydrogens (tertiary/aromatic N) is 1. The molecule has 108 valence electrons. The Hall–Kier alpha value is -1.78. The van der Waals surface area contributed by atoms with Crippen LogP contribution in [0.4, 0.5) is 0 Å². The molecule has 0 spiro atoms. The summed E-state index contributed by atoms with van der Waals surface area (Å²) in [5, 5.41) is 0.687. The van der Waals surface area contributed by atoms with Crippen LogP contribution in [0.3, 0.4) is 0 Å². The predicted molar refractivity (Wildman–Crippen MR) is 89.2 cm³/mol. The minimum absolute atomic E-state index is 0.160. The van der Waals surface area contributed by atoms with E-state index in [2.05, 4.69) is 4.98 Å². The normalized spacial score (nSPS) is 11.2. The summed E-state index contributed by atoms with van der Waals surface area (Å²) in [6.07, 6.45) is 0.160. The van der Waals surface area contributed by atoms with Gasteiger partial charge in [0.1, 0.15) is 5.75 Å². The van der Waals surface area contributed by atoms with Crippen molar-refractivity contribution in [3.8, 4) is 11.4 Å². The van der Waals surface area contributed by atoms with Gasteiger partial charge < -0.3 is 9.72 Å². The summed E-state index contributed by atoms with van der Waals surface area (Å²) in [6.45, 7) is 4.01. The van der Waals surface area contributed by atoms with E-state index < -0.39 is 0 Å². The van der Waals surface area contributed by atoms with E-state index in [1.807, 2.05) is 60.9 Å². The monoisotopic (exact) mass is 318 g/mol. The minimum atomic E-state index is 0.160. The minimum Gasteiger partial charge on any atom is -0.491 e. The maximum Gasteiger partial charge on any atom is 0.182 e. The summed E-state index contributed by atoms with van der Waals surface area (Å²) in [6, 6.07) is 13.6. The zero-order valence-corrected chi connectivity index (χ0v) is 13.3. The molecule has 0 unspecified atom stereocenters. The molecule has 0 fully saturated rings. The molecule has 3 rings (SSSR count). The molecule has 0 bridgehead atoms. The quantitative estimate of drug-likeness (QED) is 0.678. The molecule has 2 aromatic carbocycles. The topological polar surface area (TPSA) is 29.9 Å². The fourth-order valence-corrected chi connectivity index (χ4v) is 2.77. The first-order valence-electron chi connectivity index (χ1n) is 6.72. The number of aromatic nitrogens is 2. The van der Waals surface area contributed by atoms with Crippen LogP contribution >= 0.6 is 23.8 Å². The molecule has 21 heavy (non-hydrogen) atoms. The highest BCUT2D eigenvalue weighted by Gasteiger charge is 2.07. The Morgan fingerprint density at radius 2 is 1.86 bits per heavy atom. The van der Waals surface area contributed by atoms with Gasteiger partial charge in [-0.15, -0.1) is 0 Å². The van der Waals surface area contributed by atoms with Gasteiger partial charge in [0.25, 0.3) is 0 Å². The first-order chi connectivity index (χ1) is 10.0. The molecule has 0 aliphatic carbocycles. The summed E-state index contributed by atoms with van der Waals surface area (Å²) in [5.41, 5.74) is 2.92. The smallest absolute Gasteiger partial charge is 0.182 e. The Morgan fingerprint density at radius 1 is 1.14 bits per heavy atom. The van der Waals surface area contributed by atoms with Crippen LogP contribution in [0, 0.1) is 4.77 Å². The SMILES string of the molecule is CC(C)Oc1ccc(-n2c(=S)[nH]c3cc(Cl)ccc32)cc1. The molecule has 3 nitrogen and oxygen atoms in total. The van der Waals surface area contributed by atoms with E-state index in [1.54, 1.807) is 0 Å². The molecule has 1 N–H and O–H groups in total. The molecule has 0 aliphatic heterocycles. The van der Waals surface area contributed by atoms with Crippen LogP contribution < -0.4 is 4.74 Å². The van der Waals surface area contributed by atoms with Gasteiger partial charge in [-0.05, 0) is 68.5 Å². The summed E-state index contributed by atoms with van der Waals surface area (Å²) < 4.78 is 8.29. The molecule has 1 aromatic heterocycles. The van der Waals surface area contributed by atoms with Crippen LogP contribution in [0.5, 0.6) is 5.75 Å². The number of aromatic amines is 1. The summed E-state index contributed by atoms with van der Waals surface area (Å²) in [4.78, 5) is 3.18. The highest BCUT2D eigenvalue weighted by atomic mass is 35.5. The molecular formula is C16H15ClN2OS. The zero-order chi connectivity index (χ0) is 15.0. The van der Waals surface area contributed by atoms with E-state index >= 15 is 0 Å². The second-order valence-electron chi connectivity index (χ2n) is 5.09. The molecule has 0 radical (unpaired) electrons. The van der Waals surface area contributed by atoms with Crippen molar-refractivity contribution in [2.24, 2.45) is 0 Å². The van der Waals surface area contributed by atoms with Gasteiger partial charge in [-0.2, -0.15) is 0 Å². The molecule has 0 atom stereocenters. The number of rotatable bonds is 3. The van der Waals surface area contributed by atoms with Crippen LogP contribution in [0.15, 0.2) is 42.5 Å².